The third-order valence-electron chi connectivity index (χ3n) is 0.531. The Bertz CT molecular complexity index is 125. The van der Waals surface area contributed by atoms with Crippen LogP contribution in [-0.4, -0.2) is 15.4 Å². The monoisotopic (exact) mass is 113 g/mol. The summed E-state index contributed by atoms with van der Waals surface area (Å²) in [5.41, 5.74) is 0.628. The smallest absolute Gasteiger partial charge is 0.102 e. The topological polar surface area (TPSA) is 41.6 Å². The van der Waals surface area contributed by atoms with E-state index in [0.29, 0.717) is 5.69 Å². The molecule has 0 saturated heterocycles. The van der Waals surface area contributed by atoms with Crippen LogP contribution in [0.3, 0.4) is 0 Å². The molecule has 0 aliphatic heterocycles. The van der Waals surface area contributed by atoms with Crippen LogP contribution in [0, 0.1) is 5.75 Å². The van der Waals surface area contributed by atoms with E-state index in [1.807, 2.05) is 0 Å². The summed E-state index contributed by atoms with van der Waals surface area (Å²) in [6, 6.07) is 0. The second-order valence-electron chi connectivity index (χ2n) is 0.970. The summed E-state index contributed by atoms with van der Waals surface area (Å²) in [5.74, 6) is 2.50. The number of rotatable bonds is 1. The number of aromatic nitrogens is 3. The van der Waals surface area contributed by atoms with E-state index in [1.165, 1.54) is 0 Å². The molecule has 36 valence electrons. The zero-order chi connectivity index (χ0) is 5.11. The summed E-state index contributed by atoms with van der Waals surface area (Å²) in [5, 5.41) is 9.46. The molecule has 0 atom stereocenters. The molecule has 0 aromatic carbocycles. The molecule has 0 unspecified atom stereocenters. The summed E-state index contributed by atoms with van der Waals surface area (Å²) in [6.07, 6.45) is 1.60. The molecule has 3 nitrogen and oxygen atoms in total. The van der Waals surface area contributed by atoms with Crippen molar-refractivity contribution in [1.82, 2.24) is 15.4 Å². The Morgan fingerprint density at radius 2 is 2.71 bits per heavy atom. The standard InChI is InChI=1S/C3H3N3S/c7-2-3-1-4-6-5-3/h1,7H,(H,4,5,6). The molecular weight excluding hydrogens is 110 g/mol. The van der Waals surface area contributed by atoms with Crippen molar-refractivity contribution < 1.29 is 0 Å². The van der Waals surface area contributed by atoms with Crippen LogP contribution in [0.5, 0.6) is 0 Å². The fourth-order valence-corrected chi connectivity index (χ4v) is 0.366. The third-order valence-corrected chi connectivity index (χ3v) is 0.760. The van der Waals surface area contributed by atoms with Crippen LogP contribution in [0.25, 0.3) is 0 Å². The molecule has 1 aromatic rings. The maximum atomic E-state index is 3.70. The maximum absolute atomic E-state index is 3.70. The normalized spacial score (nSPS) is 9.29. The Hall–Kier alpha value is -0.510. The zero-order valence-corrected chi connectivity index (χ0v) is 4.31. The van der Waals surface area contributed by atoms with E-state index in [-0.39, 0.29) is 0 Å². The van der Waals surface area contributed by atoms with Crippen LogP contribution in [0.1, 0.15) is 5.69 Å². The molecule has 0 fully saturated rings. The van der Waals surface area contributed by atoms with Crippen molar-refractivity contribution in [2.45, 2.75) is 0 Å². The van der Waals surface area contributed by atoms with Gasteiger partial charge in [-0.3, -0.25) is 5.10 Å². The number of hydrogen-bond donors (Lipinski definition) is 2. The van der Waals surface area contributed by atoms with Gasteiger partial charge in [-0.25, -0.2) is 0 Å². The molecular formula is C3H3N3S. The number of H-pyrrole nitrogens is 1. The predicted octanol–water partition coefficient (Wildman–Crippen LogP) is 0.121. The number of thiol groups is 1. The Kier molecular flexibility index (Phi) is 1.31. The minimum Gasteiger partial charge on any atom is -0.265 e. The third kappa shape index (κ3) is 0.928. The van der Waals surface area contributed by atoms with Crippen molar-refractivity contribution >= 4 is 12.6 Å². The first kappa shape index (κ1) is 4.64. The molecule has 0 saturated carbocycles. The van der Waals surface area contributed by atoms with Gasteiger partial charge in [0, 0.05) is 6.20 Å². The van der Waals surface area contributed by atoms with E-state index in [2.05, 4.69) is 33.8 Å². The Labute approximate surface area is 46.5 Å². The minimum atomic E-state index is 0.628. The number of hydrogen-bond acceptors (Lipinski definition) is 3. The van der Waals surface area contributed by atoms with Gasteiger partial charge in [0.05, 0.1) is 0 Å². The van der Waals surface area contributed by atoms with Gasteiger partial charge in [-0.05, 0) is 0 Å². The van der Waals surface area contributed by atoms with Gasteiger partial charge in [0.1, 0.15) is 11.4 Å². The van der Waals surface area contributed by atoms with Crippen molar-refractivity contribution in [3.05, 3.63) is 17.6 Å². The second-order valence-corrected chi connectivity index (χ2v) is 1.19. The van der Waals surface area contributed by atoms with Gasteiger partial charge in [-0.2, -0.15) is 12.6 Å². The number of nitrogens with one attached hydrogen (secondary N) is 1. The first-order valence-electron chi connectivity index (χ1n) is 1.70. The maximum Gasteiger partial charge on any atom is 0.102 e. The lowest BCUT2D eigenvalue weighted by molar-refractivity contribution is 0.934. The van der Waals surface area contributed by atoms with Gasteiger partial charge in [0.25, 0.3) is 0 Å². The van der Waals surface area contributed by atoms with E-state index in [4.69, 9.17) is 0 Å². The van der Waals surface area contributed by atoms with Gasteiger partial charge >= 0.3 is 0 Å². The number of aromatic amines is 1. The fraction of sp³-hybridized carbons (Fsp3) is 0. The quantitative estimate of drug-likeness (QED) is 0.508. The highest BCUT2D eigenvalue weighted by molar-refractivity contribution is 7.82. The molecule has 2 radical (unpaired) electrons. The molecule has 1 rings (SSSR count). The first-order valence-corrected chi connectivity index (χ1v) is 2.15. The predicted molar refractivity (Wildman–Crippen MR) is 27.7 cm³/mol. The van der Waals surface area contributed by atoms with Crippen LogP contribution in [0.4, 0.5) is 0 Å². The SMILES string of the molecule is S[C]c1c[nH]nn1. The Balaban J connectivity index is 2.76. The second kappa shape index (κ2) is 1.97. The summed E-state index contributed by atoms with van der Waals surface area (Å²) >= 11 is 3.70. The van der Waals surface area contributed by atoms with Crippen molar-refractivity contribution in [2.75, 3.05) is 0 Å². The molecule has 0 aliphatic carbocycles. The molecule has 0 aliphatic rings. The Morgan fingerprint density at radius 1 is 1.86 bits per heavy atom. The summed E-state index contributed by atoms with van der Waals surface area (Å²) in [7, 11) is 0. The van der Waals surface area contributed by atoms with Crippen LogP contribution >= 0.6 is 12.6 Å². The molecule has 0 bridgehead atoms. The first-order chi connectivity index (χ1) is 3.43. The molecule has 0 amide bonds. The highest BCUT2D eigenvalue weighted by Gasteiger charge is 1.87. The van der Waals surface area contributed by atoms with E-state index in [1.54, 1.807) is 6.20 Å². The van der Waals surface area contributed by atoms with Crippen molar-refractivity contribution in [2.24, 2.45) is 0 Å². The van der Waals surface area contributed by atoms with Gasteiger partial charge in [-0.1, -0.05) is 5.21 Å². The average molecular weight is 113 g/mol. The van der Waals surface area contributed by atoms with E-state index < -0.39 is 0 Å². The molecule has 1 aromatic heterocycles. The van der Waals surface area contributed by atoms with Crippen LogP contribution in [0.2, 0.25) is 0 Å². The highest BCUT2D eigenvalue weighted by atomic mass is 32.1. The summed E-state index contributed by atoms with van der Waals surface area (Å²) in [6.45, 7) is 0. The zero-order valence-electron chi connectivity index (χ0n) is 3.42. The van der Waals surface area contributed by atoms with Gasteiger partial charge in [0.2, 0.25) is 0 Å². The van der Waals surface area contributed by atoms with Crippen molar-refractivity contribution in [3.63, 3.8) is 0 Å². The van der Waals surface area contributed by atoms with Crippen LogP contribution in [-0.2, 0) is 0 Å². The van der Waals surface area contributed by atoms with Crippen molar-refractivity contribution in [1.29, 1.82) is 0 Å². The van der Waals surface area contributed by atoms with Gasteiger partial charge in [-0.15, -0.1) is 5.10 Å². The largest absolute Gasteiger partial charge is 0.265 e. The fourth-order valence-electron chi connectivity index (χ4n) is 0.256. The number of nitrogens with zero attached hydrogens (tertiary/aromatic N) is 2. The molecule has 7 heavy (non-hydrogen) atoms. The highest BCUT2D eigenvalue weighted by Crippen LogP contribution is 1.94. The van der Waals surface area contributed by atoms with Crippen molar-refractivity contribution in [3.8, 4) is 0 Å². The minimum absolute atomic E-state index is 0.628. The molecule has 1 N–H and O–H groups in total. The van der Waals surface area contributed by atoms with Crippen LogP contribution in [0.15, 0.2) is 6.20 Å². The van der Waals surface area contributed by atoms with Gasteiger partial charge in [0.15, 0.2) is 0 Å². The lowest BCUT2D eigenvalue weighted by Crippen LogP contribution is -1.71. The van der Waals surface area contributed by atoms with Crippen LogP contribution < -0.4 is 0 Å². The molecule has 4 heteroatoms. The van der Waals surface area contributed by atoms with Gasteiger partial charge < -0.3 is 0 Å². The lowest BCUT2D eigenvalue weighted by Gasteiger charge is -1.71. The Morgan fingerprint density at radius 3 is 3.00 bits per heavy atom. The van der Waals surface area contributed by atoms with E-state index in [0.717, 1.165) is 0 Å². The summed E-state index contributed by atoms with van der Waals surface area (Å²) < 4.78 is 0. The lowest BCUT2D eigenvalue weighted by atomic mass is 10.6. The molecule has 1 heterocycles. The summed E-state index contributed by atoms with van der Waals surface area (Å²) in [4.78, 5) is 0. The molecule has 0 spiro atoms. The van der Waals surface area contributed by atoms with E-state index >= 15 is 0 Å². The van der Waals surface area contributed by atoms with E-state index in [9.17, 15) is 0 Å². The average Bonchev–Trinajstić information content (AvgIpc) is 2.14.